The van der Waals surface area contributed by atoms with Crippen molar-refractivity contribution < 1.29 is 9.53 Å². The first-order chi connectivity index (χ1) is 11.0. The van der Waals surface area contributed by atoms with Crippen LogP contribution in [0, 0.1) is 12.8 Å². The molecule has 2 atom stereocenters. The predicted octanol–water partition coefficient (Wildman–Crippen LogP) is 5.48. The van der Waals surface area contributed by atoms with Crippen LogP contribution in [-0.2, 0) is 4.79 Å². The topological polar surface area (TPSA) is 26.3 Å². The minimum Gasteiger partial charge on any atom is -0.426 e. The summed E-state index contributed by atoms with van der Waals surface area (Å²) in [6.45, 7) is 6.07. The van der Waals surface area contributed by atoms with E-state index in [1.807, 2.05) is 37.3 Å². The van der Waals surface area contributed by atoms with Crippen LogP contribution >= 0.6 is 11.6 Å². The van der Waals surface area contributed by atoms with Gasteiger partial charge in [-0.15, -0.1) is 0 Å². The average molecular weight is 329 g/mol. The second kappa shape index (κ2) is 6.37. The van der Waals surface area contributed by atoms with Gasteiger partial charge in [0.15, 0.2) is 0 Å². The lowest BCUT2D eigenvalue weighted by Gasteiger charge is -2.15. The number of hydrogen-bond donors (Lipinski definition) is 0. The van der Waals surface area contributed by atoms with E-state index < -0.39 is 0 Å². The van der Waals surface area contributed by atoms with E-state index >= 15 is 0 Å². The molecule has 2 unspecified atom stereocenters. The molecule has 0 bridgehead atoms. The van der Waals surface area contributed by atoms with E-state index in [0.29, 0.717) is 16.7 Å². The van der Waals surface area contributed by atoms with E-state index in [0.717, 1.165) is 17.5 Å². The van der Waals surface area contributed by atoms with Crippen LogP contribution in [0.3, 0.4) is 0 Å². The third kappa shape index (κ3) is 3.42. The summed E-state index contributed by atoms with van der Waals surface area (Å²) >= 11 is 6.20. The molecule has 2 nitrogen and oxygen atoms in total. The summed E-state index contributed by atoms with van der Waals surface area (Å²) in [7, 11) is 0. The second-order valence-electron chi connectivity index (χ2n) is 6.57. The number of ether oxygens (including phenoxy) is 1. The molecule has 2 aromatic rings. The molecule has 23 heavy (non-hydrogen) atoms. The van der Waals surface area contributed by atoms with Crippen LogP contribution in [0.5, 0.6) is 5.75 Å². The SMILES string of the molecule is Cc1cc(OC(=O)C2CC2c2ccccc2)c(C(C)C)cc1Cl. The zero-order valence-electron chi connectivity index (χ0n) is 13.7. The van der Waals surface area contributed by atoms with E-state index in [4.69, 9.17) is 16.3 Å². The van der Waals surface area contributed by atoms with Gasteiger partial charge in [0.25, 0.3) is 0 Å². The largest absolute Gasteiger partial charge is 0.426 e. The van der Waals surface area contributed by atoms with Crippen molar-refractivity contribution in [3.8, 4) is 5.75 Å². The molecule has 0 N–H and O–H groups in total. The molecule has 2 aromatic carbocycles. The molecule has 0 aromatic heterocycles. The molecule has 120 valence electrons. The lowest BCUT2D eigenvalue weighted by molar-refractivity contribution is -0.136. The van der Waals surface area contributed by atoms with Crippen LogP contribution in [0.1, 0.15) is 48.8 Å². The van der Waals surface area contributed by atoms with Crippen LogP contribution < -0.4 is 4.74 Å². The molecule has 0 heterocycles. The zero-order valence-corrected chi connectivity index (χ0v) is 14.4. The van der Waals surface area contributed by atoms with E-state index in [2.05, 4.69) is 26.0 Å². The number of esters is 1. The van der Waals surface area contributed by atoms with Crippen LogP contribution in [0.15, 0.2) is 42.5 Å². The van der Waals surface area contributed by atoms with Crippen molar-refractivity contribution in [1.82, 2.24) is 0 Å². The number of aryl methyl sites for hydroxylation is 1. The molecule has 0 spiro atoms. The molecule has 1 aliphatic rings. The Morgan fingerprint density at radius 2 is 1.91 bits per heavy atom. The fraction of sp³-hybridized carbons (Fsp3) is 0.350. The van der Waals surface area contributed by atoms with Gasteiger partial charge in [0.05, 0.1) is 5.92 Å². The highest BCUT2D eigenvalue weighted by atomic mass is 35.5. The Morgan fingerprint density at radius 3 is 2.57 bits per heavy atom. The Morgan fingerprint density at radius 1 is 1.22 bits per heavy atom. The maximum atomic E-state index is 12.5. The van der Waals surface area contributed by atoms with Crippen LogP contribution in [0.25, 0.3) is 0 Å². The lowest BCUT2D eigenvalue weighted by atomic mass is 10.0. The standard InChI is InChI=1S/C20H21ClO2/c1-12(2)15-11-18(21)13(3)9-19(15)23-20(22)17-10-16(17)14-7-5-4-6-8-14/h4-9,11-12,16-17H,10H2,1-3H3. The quantitative estimate of drug-likeness (QED) is 0.548. The summed E-state index contributed by atoms with van der Waals surface area (Å²) in [5.41, 5.74) is 3.12. The van der Waals surface area contributed by atoms with Crippen molar-refractivity contribution in [2.75, 3.05) is 0 Å². The number of carbonyl (C=O) groups excluding carboxylic acids is 1. The van der Waals surface area contributed by atoms with Crippen LogP contribution in [-0.4, -0.2) is 5.97 Å². The Kier molecular flexibility index (Phi) is 4.45. The number of halogens is 1. The Bertz CT molecular complexity index is 722. The Labute approximate surface area is 142 Å². The van der Waals surface area contributed by atoms with Crippen molar-refractivity contribution in [2.45, 2.75) is 39.0 Å². The van der Waals surface area contributed by atoms with Gasteiger partial charge in [-0.2, -0.15) is 0 Å². The van der Waals surface area contributed by atoms with Crippen molar-refractivity contribution in [3.63, 3.8) is 0 Å². The van der Waals surface area contributed by atoms with Gasteiger partial charge < -0.3 is 4.74 Å². The highest BCUT2D eigenvalue weighted by Crippen LogP contribution is 2.48. The Hall–Kier alpha value is -1.80. The maximum Gasteiger partial charge on any atom is 0.314 e. The molecule has 0 amide bonds. The molecule has 1 aliphatic carbocycles. The van der Waals surface area contributed by atoms with Crippen molar-refractivity contribution in [3.05, 3.63) is 64.2 Å². The molecule has 0 saturated heterocycles. The first kappa shape index (κ1) is 16.1. The number of benzene rings is 2. The van der Waals surface area contributed by atoms with Crippen molar-refractivity contribution in [2.24, 2.45) is 5.92 Å². The van der Waals surface area contributed by atoms with Crippen molar-refractivity contribution in [1.29, 1.82) is 0 Å². The van der Waals surface area contributed by atoms with Crippen LogP contribution in [0.4, 0.5) is 0 Å². The highest BCUT2D eigenvalue weighted by molar-refractivity contribution is 6.31. The summed E-state index contributed by atoms with van der Waals surface area (Å²) in [4.78, 5) is 12.5. The van der Waals surface area contributed by atoms with Gasteiger partial charge in [-0.3, -0.25) is 4.79 Å². The number of rotatable bonds is 4. The summed E-state index contributed by atoms with van der Waals surface area (Å²) < 4.78 is 5.72. The molecular weight excluding hydrogens is 308 g/mol. The molecule has 3 rings (SSSR count). The number of carbonyl (C=O) groups is 1. The molecule has 0 aliphatic heterocycles. The molecule has 1 saturated carbocycles. The van der Waals surface area contributed by atoms with Gasteiger partial charge in [-0.1, -0.05) is 55.8 Å². The van der Waals surface area contributed by atoms with Crippen molar-refractivity contribution >= 4 is 17.6 Å². The average Bonchev–Trinajstić information content (AvgIpc) is 3.32. The summed E-state index contributed by atoms with van der Waals surface area (Å²) in [6, 6.07) is 13.9. The van der Waals surface area contributed by atoms with Gasteiger partial charge in [0.2, 0.25) is 0 Å². The first-order valence-corrected chi connectivity index (χ1v) is 8.42. The second-order valence-corrected chi connectivity index (χ2v) is 6.98. The Balaban J connectivity index is 1.76. The minimum absolute atomic E-state index is 0.0339. The van der Waals surface area contributed by atoms with E-state index in [-0.39, 0.29) is 17.8 Å². The van der Waals surface area contributed by atoms with E-state index in [9.17, 15) is 4.79 Å². The third-order valence-corrected chi connectivity index (χ3v) is 4.85. The highest BCUT2D eigenvalue weighted by Gasteiger charge is 2.45. The fourth-order valence-electron chi connectivity index (χ4n) is 2.92. The molecule has 1 fully saturated rings. The maximum absolute atomic E-state index is 12.5. The van der Waals surface area contributed by atoms with Gasteiger partial charge in [0, 0.05) is 5.02 Å². The minimum atomic E-state index is -0.137. The summed E-state index contributed by atoms with van der Waals surface area (Å²) in [5.74, 6) is 1.01. The normalized spacial score (nSPS) is 19.7. The molecule has 3 heteroatoms. The summed E-state index contributed by atoms with van der Waals surface area (Å²) in [6.07, 6.45) is 0.867. The summed E-state index contributed by atoms with van der Waals surface area (Å²) in [5, 5.41) is 0.710. The monoisotopic (exact) mass is 328 g/mol. The smallest absolute Gasteiger partial charge is 0.314 e. The van der Waals surface area contributed by atoms with Gasteiger partial charge in [-0.25, -0.2) is 0 Å². The predicted molar refractivity (Wildman–Crippen MR) is 93.2 cm³/mol. The third-order valence-electron chi connectivity index (χ3n) is 4.44. The molecular formula is C20H21ClO2. The molecule has 0 radical (unpaired) electrons. The van der Waals surface area contributed by atoms with Gasteiger partial charge in [-0.05, 0) is 54.0 Å². The zero-order chi connectivity index (χ0) is 16.6. The van der Waals surface area contributed by atoms with Gasteiger partial charge in [0.1, 0.15) is 5.75 Å². The van der Waals surface area contributed by atoms with E-state index in [1.54, 1.807) is 0 Å². The number of hydrogen-bond acceptors (Lipinski definition) is 2. The van der Waals surface area contributed by atoms with E-state index in [1.165, 1.54) is 5.56 Å². The van der Waals surface area contributed by atoms with Gasteiger partial charge >= 0.3 is 5.97 Å². The fourth-order valence-corrected chi connectivity index (χ4v) is 3.09. The van der Waals surface area contributed by atoms with Crippen LogP contribution in [0.2, 0.25) is 5.02 Å². The lowest BCUT2D eigenvalue weighted by Crippen LogP contribution is -2.13. The first-order valence-electron chi connectivity index (χ1n) is 8.04.